The summed E-state index contributed by atoms with van der Waals surface area (Å²) in [7, 11) is 0.478. The Balaban J connectivity index is 2.16. The van der Waals surface area contributed by atoms with Gasteiger partial charge >= 0.3 is 16.3 Å². The first-order valence-electron chi connectivity index (χ1n) is 12.2. The molecule has 13 nitrogen and oxygen atoms in total. The van der Waals surface area contributed by atoms with E-state index in [1.165, 1.54) is 7.11 Å². The Hall–Kier alpha value is -3.10. The topological polar surface area (TPSA) is 177 Å². The first-order valence-corrected chi connectivity index (χ1v) is 13.6. The molecule has 1 aliphatic heterocycles. The molecule has 214 valence electrons. The molecule has 4 N–H and O–H groups in total. The van der Waals surface area contributed by atoms with E-state index in [-0.39, 0.29) is 30.1 Å². The van der Waals surface area contributed by atoms with Gasteiger partial charge < -0.3 is 34.5 Å². The molecule has 1 aliphatic rings. The van der Waals surface area contributed by atoms with Gasteiger partial charge in [-0.15, -0.1) is 4.40 Å². The second kappa shape index (κ2) is 14.7. The second-order valence-electron chi connectivity index (χ2n) is 9.11. The minimum Gasteiger partial charge on any atom is -0.493 e. The van der Waals surface area contributed by atoms with E-state index in [9.17, 15) is 23.4 Å². The van der Waals surface area contributed by atoms with Crippen molar-refractivity contribution in [2.75, 3.05) is 41.1 Å². The minimum absolute atomic E-state index is 0.0232. The number of rotatable bonds is 15. The van der Waals surface area contributed by atoms with Gasteiger partial charge in [0, 0.05) is 20.1 Å². The summed E-state index contributed by atoms with van der Waals surface area (Å²) in [5, 5.41) is 22.6. The van der Waals surface area contributed by atoms with E-state index in [0.717, 1.165) is 12.0 Å². The highest BCUT2D eigenvalue weighted by molar-refractivity contribution is 7.89. The van der Waals surface area contributed by atoms with Gasteiger partial charge in [0.1, 0.15) is 0 Å². The Morgan fingerprint density at radius 3 is 2.50 bits per heavy atom. The number of nitrogens with zero attached hydrogens (tertiary/aromatic N) is 2. The highest BCUT2D eigenvalue weighted by atomic mass is 32.2. The molecule has 1 aromatic carbocycles. The Morgan fingerprint density at radius 1 is 1.16 bits per heavy atom. The van der Waals surface area contributed by atoms with Crippen molar-refractivity contribution in [3.05, 3.63) is 23.8 Å². The lowest BCUT2D eigenvalue weighted by Gasteiger charge is -2.29. The van der Waals surface area contributed by atoms with Gasteiger partial charge in [-0.25, -0.2) is 9.52 Å². The Morgan fingerprint density at radius 2 is 1.89 bits per heavy atom. The molecule has 0 saturated carbocycles. The highest BCUT2D eigenvalue weighted by Gasteiger charge is 2.30. The average Bonchev–Trinajstić information content (AvgIpc) is 3.17. The van der Waals surface area contributed by atoms with Crippen molar-refractivity contribution in [2.45, 2.75) is 45.3 Å². The summed E-state index contributed by atoms with van der Waals surface area (Å²) in [4.78, 5) is 15.6. The predicted molar refractivity (Wildman–Crippen MR) is 141 cm³/mol. The molecule has 0 radical (unpaired) electrons. The zero-order chi connectivity index (χ0) is 28.3. The van der Waals surface area contributed by atoms with Crippen molar-refractivity contribution in [2.24, 2.45) is 21.2 Å². The lowest BCUT2D eigenvalue weighted by atomic mass is 9.83. The van der Waals surface area contributed by atoms with E-state index in [0.29, 0.717) is 37.6 Å². The molecule has 1 amide bonds. The van der Waals surface area contributed by atoms with Crippen LogP contribution in [0.2, 0.25) is 0 Å². The molecule has 0 spiro atoms. The van der Waals surface area contributed by atoms with Gasteiger partial charge in [-0.2, -0.15) is 8.42 Å². The molecule has 3 atom stereocenters. The summed E-state index contributed by atoms with van der Waals surface area (Å²) < 4.78 is 50.0. The van der Waals surface area contributed by atoms with Crippen LogP contribution >= 0.6 is 0 Å². The van der Waals surface area contributed by atoms with Crippen molar-refractivity contribution < 1.29 is 42.4 Å². The molecule has 0 fully saturated rings. The van der Waals surface area contributed by atoms with Gasteiger partial charge in [0.05, 0.1) is 39.5 Å². The standard InChI is InChI=1S/C24H38N4O9S/c1-15(2)17(11-16-7-8-20(35-4)21(12-16)37-10-6-9-34-3)13-18(26-24(30)31)19(29)14-25-22-23(36-5)28-38(32,33)27-22/h7-8,12,15,17-19,26,29H,6,9-11,13-14H2,1-5H3,(H,25,27)(H,30,31)/t17-,18-,19-/m0/s1. The van der Waals surface area contributed by atoms with Crippen LogP contribution < -0.4 is 19.5 Å². The number of aliphatic hydroxyl groups is 1. The van der Waals surface area contributed by atoms with Crippen LogP contribution in [-0.2, 0) is 26.1 Å². The number of amidine groups is 1. The molecule has 0 unspecified atom stereocenters. The fraction of sp³-hybridized carbons (Fsp3) is 0.625. The summed E-state index contributed by atoms with van der Waals surface area (Å²) in [6.45, 7) is 4.81. The molecule has 0 aromatic heterocycles. The molecule has 1 heterocycles. The molecule has 0 aliphatic carbocycles. The van der Waals surface area contributed by atoms with Gasteiger partial charge in [0.25, 0.3) is 5.90 Å². The molecule has 2 rings (SSSR count). The SMILES string of the molecule is COCCCOc1cc(C[C@@H](C[C@H](NC(=O)O)[C@@H](O)CN=C2NS(=O)(=O)N=C2OC)C(C)C)ccc1OC. The molecule has 0 bridgehead atoms. The second-order valence-corrected chi connectivity index (χ2v) is 10.5. The number of hydrogen-bond acceptors (Lipinski definition) is 9. The van der Waals surface area contributed by atoms with Gasteiger partial charge in [0.2, 0.25) is 5.84 Å². The predicted octanol–water partition coefficient (Wildman–Crippen LogP) is 1.60. The smallest absolute Gasteiger partial charge is 0.404 e. The van der Waals surface area contributed by atoms with E-state index in [1.54, 1.807) is 14.2 Å². The summed E-state index contributed by atoms with van der Waals surface area (Å²) in [5.74, 6) is 0.943. The Labute approximate surface area is 223 Å². The van der Waals surface area contributed by atoms with Crippen molar-refractivity contribution in [1.29, 1.82) is 0 Å². The Bertz CT molecular complexity index is 1090. The molecular formula is C24H38N4O9S. The maximum Gasteiger partial charge on any atom is 0.404 e. The summed E-state index contributed by atoms with van der Waals surface area (Å²) in [6, 6.07) is 4.79. The third-order valence-electron chi connectivity index (χ3n) is 6.01. The third-order valence-corrected chi connectivity index (χ3v) is 6.87. The summed E-state index contributed by atoms with van der Waals surface area (Å²) in [5.41, 5.74) is 0.969. The fourth-order valence-electron chi connectivity index (χ4n) is 3.92. The third kappa shape index (κ3) is 9.65. The molecule has 38 heavy (non-hydrogen) atoms. The Kier molecular flexibility index (Phi) is 12.1. The highest BCUT2D eigenvalue weighted by Crippen LogP contribution is 2.31. The number of amides is 1. The van der Waals surface area contributed by atoms with Crippen LogP contribution in [0.5, 0.6) is 11.5 Å². The molecule has 1 aromatic rings. The number of ether oxygens (including phenoxy) is 4. The number of carbonyl (C=O) groups is 1. The maximum absolute atomic E-state index is 11.6. The van der Waals surface area contributed by atoms with Crippen LogP contribution in [0, 0.1) is 11.8 Å². The van der Waals surface area contributed by atoms with Crippen LogP contribution in [0.15, 0.2) is 27.6 Å². The number of methoxy groups -OCH3 is 3. The van der Waals surface area contributed by atoms with E-state index in [2.05, 4.69) is 19.4 Å². The zero-order valence-corrected chi connectivity index (χ0v) is 23.2. The number of nitrogens with one attached hydrogen (secondary N) is 2. The molecule has 14 heteroatoms. The number of aliphatic hydroxyl groups excluding tert-OH is 1. The number of benzene rings is 1. The average molecular weight is 559 g/mol. The first-order chi connectivity index (χ1) is 18.0. The minimum atomic E-state index is -3.96. The lowest BCUT2D eigenvalue weighted by molar-refractivity contribution is 0.108. The lowest BCUT2D eigenvalue weighted by Crippen LogP contribution is -2.46. The van der Waals surface area contributed by atoms with Crippen molar-refractivity contribution >= 4 is 28.0 Å². The van der Waals surface area contributed by atoms with Gasteiger partial charge in [-0.05, 0) is 42.4 Å². The maximum atomic E-state index is 11.6. The van der Waals surface area contributed by atoms with Crippen LogP contribution in [0.4, 0.5) is 4.79 Å². The van der Waals surface area contributed by atoms with Crippen LogP contribution in [0.25, 0.3) is 0 Å². The monoisotopic (exact) mass is 558 g/mol. The first kappa shape index (κ1) is 31.1. The summed E-state index contributed by atoms with van der Waals surface area (Å²) >= 11 is 0. The van der Waals surface area contributed by atoms with E-state index < -0.39 is 28.4 Å². The van der Waals surface area contributed by atoms with Crippen LogP contribution in [0.3, 0.4) is 0 Å². The number of hydrogen-bond donors (Lipinski definition) is 4. The van der Waals surface area contributed by atoms with Gasteiger partial charge in [0.15, 0.2) is 11.5 Å². The summed E-state index contributed by atoms with van der Waals surface area (Å²) in [6.07, 6.45) is -0.902. The number of aliphatic imine (C=N–C) groups is 1. The molecule has 0 saturated heterocycles. The quantitative estimate of drug-likeness (QED) is 0.233. The van der Waals surface area contributed by atoms with E-state index >= 15 is 0 Å². The van der Waals surface area contributed by atoms with Crippen molar-refractivity contribution in [3.8, 4) is 11.5 Å². The molecular weight excluding hydrogens is 520 g/mol. The van der Waals surface area contributed by atoms with E-state index in [4.69, 9.17) is 18.9 Å². The van der Waals surface area contributed by atoms with Gasteiger partial charge in [-0.3, -0.25) is 4.99 Å². The number of carboxylic acid groups (broad SMARTS) is 1. The van der Waals surface area contributed by atoms with Gasteiger partial charge in [-0.1, -0.05) is 19.9 Å². The van der Waals surface area contributed by atoms with Crippen LogP contribution in [-0.4, -0.2) is 89.7 Å². The van der Waals surface area contributed by atoms with Crippen molar-refractivity contribution in [1.82, 2.24) is 10.0 Å². The zero-order valence-electron chi connectivity index (χ0n) is 22.3. The van der Waals surface area contributed by atoms with E-state index in [1.807, 2.05) is 32.0 Å². The fourth-order valence-corrected chi connectivity index (χ4v) is 4.75. The largest absolute Gasteiger partial charge is 0.493 e. The van der Waals surface area contributed by atoms with Crippen molar-refractivity contribution in [3.63, 3.8) is 0 Å². The normalized spacial score (nSPS) is 17.9. The van der Waals surface area contributed by atoms with Crippen LogP contribution in [0.1, 0.15) is 32.3 Å².